The molecule has 3 atom stereocenters. The zero-order chi connectivity index (χ0) is 28.8. The van der Waals surface area contributed by atoms with Gasteiger partial charge in [0.15, 0.2) is 0 Å². The van der Waals surface area contributed by atoms with Crippen molar-refractivity contribution in [3.63, 3.8) is 0 Å². The molecule has 3 aliphatic rings. The van der Waals surface area contributed by atoms with Crippen LogP contribution in [0.2, 0.25) is 0 Å². The minimum atomic E-state index is -0.584. The number of thioether (sulfide) groups is 1. The van der Waals surface area contributed by atoms with Gasteiger partial charge < -0.3 is 25.0 Å². The molecule has 0 aliphatic carbocycles. The number of aromatic nitrogens is 1. The van der Waals surface area contributed by atoms with E-state index >= 15 is 0 Å². The van der Waals surface area contributed by atoms with Crippen LogP contribution < -0.4 is 20.3 Å². The molecule has 10 nitrogen and oxygen atoms in total. The number of rotatable bonds is 4. The van der Waals surface area contributed by atoms with Crippen molar-refractivity contribution in [3.8, 4) is 5.75 Å². The molecule has 40 heavy (non-hydrogen) atoms. The van der Waals surface area contributed by atoms with Gasteiger partial charge in [0.1, 0.15) is 27.2 Å². The van der Waals surface area contributed by atoms with E-state index in [9.17, 15) is 14.4 Å². The number of piperidine rings is 1. The molecule has 2 N–H and O–H groups in total. The fraction of sp³-hybridized carbons (Fsp3) is 0.517. The summed E-state index contributed by atoms with van der Waals surface area (Å²) in [5, 5.41) is 6.31. The predicted molar refractivity (Wildman–Crippen MR) is 153 cm³/mol. The number of benzene rings is 1. The summed E-state index contributed by atoms with van der Waals surface area (Å²) in [7, 11) is 0. The molecule has 2 aromatic rings. The van der Waals surface area contributed by atoms with Crippen LogP contribution in [0.3, 0.4) is 0 Å². The highest BCUT2D eigenvalue weighted by Crippen LogP contribution is 2.50. The quantitative estimate of drug-likeness (QED) is 0.525. The minimum Gasteiger partial charge on any atom is -0.488 e. The molecule has 11 heteroatoms. The Morgan fingerprint density at radius 3 is 2.48 bits per heavy atom. The Hall–Kier alpha value is -3.47. The first-order valence-electron chi connectivity index (χ1n) is 13.6. The maximum Gasteiger partial charge on any atom is 0.410 e. The molecule has 0 spiro atoms. The third kappa shape index (κ3) is 5.99. The van der Waals surface area contributed by atoms with Gasteiger partial charge in [0.2, 0.25) is 5.91 Å². The number of carbonyl (C=O) groups excluding carboxylic acids is 3. The summed E-state index contributed by atoms with van der Waals surface area (Å²) in [6.07, 6.45) is 2.82. The molecular weight excluding hydrogens is 530 g/mol. The van der Waals surface area contributed by atoms with Crippen LogP contribution in [0, 0.1) is 0 Å². The standard InChI is InChI=1S/C29H37N5O5S/c1-28(2,3)38-19-11-9-18(10-12-19)34-20-13-14-30-25-21(20)22(32-26(34)36)23(40-25)24(35)31-17-8-7-15-33(16-17)27(37)39-29(4,5)6/h9-14,17,22-23H,7-8,15-16H2,1-6H3,(H,31,35)(H,32,36)/t17-,22?,23?/m1/s1. The molecule has 4 heterocycles. The number of anilines is 2. The van der Waals surface area contributed by atoms with E-state index in [0.717, 1.165) is 23.4 Å². The molecule has 1 fully saturated rings. The Morgan fingerprint density at radius 1 is 1.07 bits per heavy atom. The number of likely N-dealkylation sites (tertiary alicyclic amines) is 1. The van der Waals surface area contributed by atoms with Crippen molar-refractivity contribution in [2.75, 3.05) is 18.0 Å². The van der Waals surface area contributed by atoms with Crippen LogP contribution in [0.1, 0.15) is 66.0 Å². The minimum absolute atomic E-state index is 0.188. The Kier molecular flexibility index (Phi) is 7.37. The van der Waals surface area contributed by atoms with Crippen LogP contribution in [0.25, 0.3) is 0 Å². The first-order valence-corrected chi connectivity index (χ1v) is 14.5. The fourth-order valence-corrected chi connectivity index (χ4v) is 6.40. The van der Waals surface area contributed by atoms with Gasteiger partial charge in [-0.25, -0.2) is 14.6 Å². The Bertz CT molecular complexity index is 1300. The lowest BCUT2D eigenvalue weighted by atomic mass is 9.99. The molecule has 4 amide bonds. The van der Waals surface area contributed by atoms with Gasteiger partial charge in [0.25, 0.3) is 0 Å². The van der Waals surface area contributed by atoms with Crippen molar-refractivity contribution in [1.82, 2.24) is 20.5 Å². The van der Waals surface area contributed by atoms with Crippen LogP contribution in [0.15, 0.2) is 41.6 Å². The van der Waals surface area contributed by atoms with Gasteiger partial charge in [-0.2, -0.15) is 0 Å². The van der Waals surface area contributed by atoms with Crippen LogP contribution in [-0.2, 0) is 9.53 Å². The fourth-order valence-electron chi connectivity index (χ4n) is 5.17. The van der Waals surface area contributed by atoms with Gasteiger partial charge in [-0.15, -0.1) is 0 Å². The lowest BCUT2D eigenvalue weighted by molar-refractivity contribution is -0.122. The van der Waals surface area contributed by atoms with E-state index in [1.54, 1.807) is 16.0 Å². The number of pyridine rings is 1. The van der Waals surface area contributed by atoms with Crippen LogP contribution in [-0.4, -0.2) is 63.5 Å². The first-order chi connectivity index (χ1) is 18.8. The smallest absolute Gasteiger partial charge is 0.410 e. The number of urea groups is 1. The number of ether oxygens (including phenoxy) is 2. The van der Waals surface area contributed by atoms with Crippen molar-refractivity contribution in [2.24, 2.45) is 0 Å². The molecule has 1 saturated heterocycles. The Labute approximate surface area is 239 Å². The zero-order valence-corrected chi connectivity index (χ0v) is 24.6. The average Bonchev–Trinajstić information content (AvgIpc) is 3.23. The molecule has 5 rings (SSSR count). The second kappa shape index (κ2) is 10.5. The van der Waals surface area contributed by atoms with E-state index in [0.29, 0.717) is 30.2 Å². The lowest BCUT2D eigenvalue weighted by Gasteiger charge is -2.36. The predicted octanol–water partition coefficient (Wildman–Crippen LogP) is 5.15. The van der Waals surface area contributed by atoms with E-state index in [1.807, 2.05) is 71.9 Å². The summed E-state index contributed by atoms with van der Waals surface area (Å²) in [5.74, 6) is 0.527. The Morgan fingerprint density at radius 2 is 1.80 bits per heavy atom. The normalized spacial score (nSPS) is 22.4. The second-order valence-corrected chi connectivity index (χ2v) is 13.5. The summed E-state index contributed by atoms with van der Waals surface area (Å²) in [6.45, 7) is 12.4. The molecule has 214 valence electrons. The number of hydrogen-bond donors (Lipinski definition) is 2. The molecule has 0 saturated carbocycles. The van der Waals surface area contributed by atoms with Gasteiger partial charge in [-0.3, -0.25) is 9.69 Å². The highest BCUT2D eigenvalue weighted by molar-refractivity contribution is 8.01. The molecule has 0 radical (unpaired) electrons. The van der Waals surface area contributed by atoms with E-state index in [1.165, 1.54) is 11.8 Å². The molecular formula is C29H37N5O5S. The van der Waals surface area contributed by atoms with Gasteiger partial charge >= 0.3 is 12.1 Å². The van der Waals surface area contributed by atoms with Crippen molar-refractivity contribution in [1.29, 1.82) is 0 Å². The van der Waals surface area contributed by atoms with Gasteiger partial charge in [-0.1, -0.05) is 11.8 Å². The summed E-state index contributed by atoms with van der Waals surface area (Å²) >= 11 is 1.35. The number of carbonyl (C=O) groups is 3. The number of hydrogen-bond acceptors (Lipinski definition) is 7. The van der Waals surface area contributed by atoms with E-state index in [2.05, 4.69) is 15.6 Å². The largest absolute Gasteiger partial charge is 0.488 e. The molecule has 0 bridgehead atoms. The average molecular weight is 568 g/mol. The summed E-state index contributed by atoms with van der Waals surface area (Å²) in [5.41, 5.74) is 1.32. The maximum atomic E-state index is 13.5. The molecule has 1 aromatic carbocycles. The van der Waals surface area contributed by atoms with Crippen molar-refractivity contribution >= 4 is 41.2 Å². The van der Waals surface area contributed by atoms with Gasteiger partial charge in [0, 0.05) is 30.9 Å². The zero-order valence-electron chi connectivity index (χ0n) is 23.8. The molecule has 1 aromatic heterocycles. The SMILES string of the molecule is CC(C)(C)OC(=O)N1CCC[C@@H](NC(=O)C2Sc3nccc4c3C2NC(=O)N4c2ccc(OC(C)(C)C)cc2)C1. The van der Waals surface area contributed by atoms with E-state index in [4.69, 9.17) is 9.47 Å². The summed E-state index contributed by atoms with van der Waals surface area (Å²) in [6, 6.07) is 8.17. The highest BCUT2D eigenvalue weighted by atomic mass is 32.2. The number of amides is 4. The van der Waals surface area contributed by atoms with Crippen LogP contribution in [0.5, 0.6) is 5.75 Å². The van der Waals surface area contributed by atoms with E-state index < -0.39 is 16.9 Å². The van der Waals surface area contributed by atoms with Gasteiger partial charge in [-0.05, 0) is 84.7 Å². The van der Waals surface area contributed by atoms with Gasteiger partial charge in [0.05, 0.1) is 17.4 Å². The van der Waals surface area contributed by atoms with Crippen LogP contribution >= 0.6 is 11.8 Å². The third-order valence-electron chi connectivity index (χ3n) is 6.70. The monoisotopic (exact) mass is 567 g/mol. The van der Waals surface area contributed by atoms with E-state index in [-0.39, 0.29) is 29.7 Å². The van der Waals surface area contributed by atoms with Crippen molar-refractivity contribution in [2.45, 2.75) is 87.9 Å². The van der Waals surface area contributed by atoms with Crippen molar-refractivity contribution < 1.29 is 23.9 Å². The molecule has 2 unspecified atom stereocenters. The summed E-state index contributed by atoms with van der Waals surface area (Å²) in [4.78, 5) is 47.3. The lowest BCUT2D eigenvalue weighted by Crippen LogP contribution is -2.54. The number of nitrogens with one attached hydrogen (secondary N) is 2. The molecule has 3 aliphatic heterocycles. The third-order valence-corrected chi connectivity index (χ3v) is 7.99. The highest BCUT2D eigenvalue weighted by Gasteiger charge is 2.47. The topological polar surface area (TPSA) is 113 Å². The Balaban J connectivity index is 1.31. The maximum absolute atomic E-state index is 13.5. The number of nitrogens with zero attached hydrogens (tertiary/aromatic N) is 3. The summed E-state index contributed by atoms with van der Waals surface area (Å²) < 4.78 is 11.4. The first kappa shape index (κ1) is 28.1. The van der Waals surface area contributed by atoms with Crippen LogP contribution in [0.4, 0.5) is 21.0 Å². The second-order valence-electron chi connectivity index (χ2n) is 12.3. The van der Waals surface area contributed by atoms with Crippen molar-refractivity contribution in [3.05, 3.63) is 42.1 Å².